The maximum atomic E-state index is 11.8. The Labute approximate surface area is 116 Å². The molecule has 0 saturated heterocycles. The first kappa shape index (κ1) is 15.8. The minimum absolute atomic E-state index is 0.0262. The quantitative estimate of drug-likeness (QED) is 0.757. The Kier molecular flexibility index (Phi) is 5.40. The van der Waals surface area contributed by atoms with Gasteiger partial charge in [0.2, 0.25) is 0 Å². The summed E-state index contributed by atoms with van der Waals surface area (Å²) in [4.78, 5) is 34.0. The number of hydrogen-bond acceptors (Lipinski definition) is 5. The highest BCUT2D eigenvalue weighted by molar-refractivity contribution is 5.94. The van der Waals surface area contributed by atoms with Gasteiger partial charge in [-0.1, -0.05) is 12.1 Å². The molecule has 108 valence electrons. The number of benzene rings is 1. The summed E-state index contributed by atoms with van der Waals surface area (Å²) >= 11 is 0. The second kappa shape index (κ2) is 6.81. The molecule has 0 aromatic heterocycles. The van der Waals surface area contributed by atoms with Crippen molar-refractivity contribution in [1.82, 2.24) is 0 Å². The molecule has 0 aliphatic carbocycles. The zero-order valence-corrected chi connectivity index (χ0v) is 11.3. The number of carboxylic acids is 1. The van der Waals surface area contributed by atoms with Gasteiger partial charge in [0.25, 0.3) is 0 Å². The Morgan fingerprint density at radius 2 is 1.95 bits per heavy atom. The highest BCUT2D eigenvalue weighted by Gasteiger charge is 2.24. The van der Waals surface area contributed by atoms with Crippen LogP contribution < -0.4 is 0 Å². The maximum Gasteiger partial charge on any atom is 0.338 e. The molecule has 0 saturated carbocycles. The minimum atomic E-state index is -1.79. The van der Waals surface area contributed by atoms with E-state index in [0.717, 1.165) is 0 Å². The van der Waals surface area contributed by atoms with Crippen molar-refractivity contribution in [2.45, 2.75) is 26.4 Å². The number of aliphatic hydroxyl groups is 1. The standard InChI is InChI=1S/C14H16O6/c1-3-20-14(19)10-6-4-5-9(12(16)13(17)18)11(10)7-8(2)15/h4-6,12,16H,3,7H2,1-2H3,(H,17,18). The predicted molar refractivity (Wildman–Crippen MR) is 69.4 cm³/mol. The zero-order valence-electron chi connectivity index (χ0n) is 11.3. The van der Waals surface area contributed by atoms with E-state index in [2.05, 4.69) is 0 Å². The summed E-state index contributed by atoms with van der Waals surface area (Å²) in [6, 6.07) is 4.26. The van der Waals surface area contributed by atoms with Crippen LogP contribution in [0.5, 0.6) is 0 Å². The SMILES string of the molecule is CCOC(=O)c1cccc(C(O)C(=O)O)c1CC(C)=O. The van der Waals surface area contributed by atoms with Crippen LogP contribution in [0.4, 0.5) is 0 Å². The van der Waals surface area contributed by atoms with Gasteiger partial charge in [-0.25, -0.2) is 9.59 Å². The van der Waals surface area contributed by atoms with Crippen LogP contribution in [0, 0.1) is 0 Å². The van der Waals surface area contributed by atoms with Crippen LogP contribution in [-0.4, -0.2) is 34.5 Å². The first-order chi connectivity index (χ1) is 9.38. The molecule has 0 fully saturated rings. The van der Waals surface area contributed by atoms with Crippen LogP contribution in [0.25, 0.3) is 0 Å². The summed E-state index contributed by atoms with van der Waals surface area (Å²) in [5.74, 6) is -2.35. The molecule has 20 heavy (non-hydrogen) atoms. The van der Waals surface area contributed by atoms with E-state index in [4.69, 9.17) is 9.84 Å². The van der Waals surface area contributed by atoms with Crippen LogP contribution in [0.3, 0.4) is 0 Å². The van der Waals surface area contributed by atoms with Crippen molar-refractivity contribution in [2.75, 3.05) is 6.61 Å². The number of ether oxygens (including phenoxy) is 1. The van der Waals surface area contributed by atoms with Gasteiger partial charge in [0, 0.05) is 6.42 Å². The number of esters is 1. The zero-order chi connectivity index (χ0) is 15.3. The van der Waals surface area contributed by atoms with Crippen molar-refractivity contribution in [3.63, 3.8) is 0 Å². The molecule has 1 unspecified atom stereocenters. The molecular formula is C14H16O6. The molecule has 0 aliphatic heterocycles. The number of carboxylic acid groups (broad SMARTS) is 1. The van der Waals surface area contributed by atoms with E-state index in [0.29, 0.717) is 0 Å². The van der Waals surface area contributed by atoms with E-state index in [1.807, 2.05) is 0 Å². The number of aliphatic carboxylic acids is 1. The lowest BCUT2D eigenvalue weighted by Crippen LogP contribution is -2.18. The van der Waals surface area contributed by atoms with Gasteiger partial charge in [0.1, 0.15) is 5.78 Å². The van der Waals surface area contributed by atoms with Crippen molar-refractivity contribution in [1.29, 1.82) is 0 Å². The fourth-order valence-electron chi connectivity index (χ4n) is 1.84. The third kappa shape index (κ3) is 3.64. The molecule has 2 N–H and O–H groups in total. The normalized spacial score (nSPS) is 11.8. The molecule has 0 amide bonds. The Hall–Kier alpha value is -2.21. The molecule has 6 heteroatoms. The van der Waals surface area contributed by atoms with Gasteiger partial charge >= 0.3 is 11.9 Å². The van der Waals surface area contributed by atoms with Crippen LogP contribution in [0.15, 0.2) is 18.2 Å². The average molecular weight is 280 g/mol. The highest BCUT2D eigenvalue weighted by Crippen LogP contribution is 2.23. The van der Waals surface area contributed by atoms with E-state index >= 15 is 0 Å². The molecular weight excluding hydrogens is 264 g/mol. The van der Waals surface area contributed by atoms with Crippen molar-refractivity contribution in [3.8, 4) is 0 Å². The Morgan fingerprint density at radius 1 is 1.30 bits per heavy atom. The number of carbonyl (C=O) groups excluding carboxylic acids is 2. The van der Waals surface area contributed by atoms with Gasteiger partial charge < -0.3 is 14.9 Å². The van der Waals surface area contributed by atoms with E-state index < -0.39 is 18.0 Å². The second-order valence-corrected chi connectivity index (χ2v) is 4.21. The van der Waals surface area contributed by atoms with Gasteiger partial charge in [0.15, 0.2) is 6.10 Å². The van der Waals surface area contributed by atoms with Gasteiger partial charge in [-0.05, 0) is 31.0 Å². The predicted octanol–water partition coefficient (Wildman–Crippen LogP) is 1.11. The van der Waals surface area contributed by atoms with Crippen molar-refractivity contribution in [3.05, 3.63) is 34.9 Å². The van der Waals surface area contributed by atoms with E-state index in [1.54, 1.807) is 6.92 Å². The second-order valence-electron chi connectivity index (χ2n) is 4.21. The molecule has 1 atom stereocenters. The molecule has 0 bridgehead atoms. The third-order valence-corrected chi connectivity index (χ3v) is 2.66. The number of hydrogen-bond donors (Lipinski definition) is 2. The summed E-state index contributed by atoms with van der Waals surface area (Å²) in [5, 5.41) is 18.5. The Balaban J connectivity index is 3.37. The van der Waals surface area contributed by atoms with Gasteiger partial charge in [-0.2, -0.15) is 0 Å². The van der Waals surface area contributed by atoms with Gasteiger partial charge in [-0.15, -0.1) is 0 Å². The van der Waals surface area contributed by atoms with Gasteiger partial charge in [0.05, 0.1) is 12.2 Å². The minimum Gasteiger partial charge on any atom is -0.479 e. The van der Waals surface area contributed by atoms with Gasteiger partial charge in [-0.3, -0.25) is 4.79 Å². The number of aliphatic hydroxyl groups excluding tert-OH is 1. The number of Topliss-reactive ketones (excluding diaryl/α,β-unsaturated/α-hetero) is 1. The molecule has 0 aliphatic rings. The summed E-state index contributed by atoms with van der Waals surface area (Å²) < 4.78 is 4.87. The number of rotatable bonds is 6. The molecule has 0 spiro atoms. The Bertz CT molecular complexity index is 534. The molecule has 0 heterocycles. The summed E-state index contributed by atoms with van der Waals surface area (Å²) in [6.45, 7) is 3.11. The first-order valence-electron chi connectivity index (χ1n) is 6.07. The lowest BCUT2D eigenvalue weighted by atomic mass is 9.93. The summed E-state index contributed by atoms with van der Waals surface area (Å²) in [5.41, 5.74) is 0.312. The smallest absolute Gasteiger partial charge is 0.338 e. The van der Waals surface area contributed by atoms with Crippen molar-refractivity contribution in [2.24, 2.45) is 0 Å². The van der Waals surface area contributed by atoms with Crippen LogP contribution in [0.1, 0.15) is 41.4 Å². The van der Waals surface area contributed by atoms with Crippen molar-refractivity contribution < 1.29 is 29.3 Å². The van der Waals surface area contributed by atoms with E-state index in [9.17, 15) is 19.5 Å². The monoisotopic (exact) mass is 280 g/mol. The van der Waals surface area contributed by atoms with Crippen LogP contribution in [0.2, 0.25) is 0 Å². The maximum absolute atomic E-state index is 11.8. The topological polar surface area (TPSA) is 101 Å². The van der Waals surface area contributed by atoms with Crippen molar-refractivity contribution >= 4 is 17.7 Å². The number of ketones is 1. The molecule has 0 radical (unpaired) electrons. The molecule has 1 aromatic carbocycles. The lowest BCUT2D eigenvalue weighted by molar-refractivity contribution is -0.147. The van der Waals surface area contributed by atoms with Crippen LogP contribution >= 0.6 is 0 Å². The molecule has 6 nitrogen and oxygen atoms in total. The summed E-state index contributed by atoms with van der Waals surface area (Å²) in [7, 11) is 0. The fourth-order valence-corrected chi connectivity index (χ4v) is 1.84. The fraction of sp³-hybridized carbons (Fsp3) is 0.357. The largest absolute Gasteiger partial charge is 0.479 e. The summed E-state index contributed by atoms with van der Waals surface area (Å²) in [6.07, 6.45) is -1.94. The van der Waals surface area contributed by atoms with E-state index in [-0.39, 0.29) is 35.5 Å². The third-order valence-electron chi connectivity index (χ3n) is 2.66. The lowest BCUT2D eigenvalue weighted by Gasteiger charge is -2.15. The van der Waals surface area contributed by atoms with Crippen LogP contribution in [-0.2, 0) is 20.7 Å². The number of carbonyl (C=O) groups is 3. The molecule has 1 aromatic rings. The first-order valence-corrected chi connectivity index (χ1v) is 6.07. The average Bonchev–Trinajstić information content (AvgIpc) is 2.37. The highest BCUT2D eigenvalue weighted by atomic mass is 16.5. The van der Waals surface area contributed by atoms with E-state index in [1.165, 1.54) is 25.1 Å². The Morgan fingerprint density at radius 3 is 2.45 bits per heavy atom. The molecule has 1 rings (SSSR count).